The van der Waals surface area contributed by atoms with E-state index in [9.17, 15) is 26.4 Å². The molecule has 2 aliphatic heterocycles. The van der Waals surface area contributed by atoms with Crippen LogP contribution < -0.4 is 4.31 Å². The molecule has 34 heavy (non-hydrogen) atoms. The molecule has 0 atom stereocenters. The van der Waals surface area contributed by atoms with Gasteiger partial charge in [-0.3, -0.25) is 9.29 Å². The summed E-state index contributed by atoms with van der Waals surface area (Å²) in [6, 6.07) is 13.4. The zero-order valence-electron chi connectivity index (χ0n) is 17.4. The molecule has 0 bridgehead atoms. The SMILES string of the molecule is O=C1CC(c2ccc(S(=O)(=O)N3CCc4cc(-c5ccc(C(F)(F)F)nc5)ccc43)cc2)=NO1. The molecule has 0 saturated heterocycles. The minimum Gasteiger partial charge on any atom is -0.318 e. The molecule has 0 spiro atoms. The predicted molar refractivity (Wildman–Crippen MR) is 117 cm³/mol. The summed E-state index contributed by atoms with van der Waals surface area (Å²) in [7, 11) is -3.84. The average Bonchev–Trinajstić information content (AvgIpc) is 3.45. The standard InChI is InChI=1S/C23H16F3N3O4S/c24-23(25,26)21-8-4-17(13-27-21)15-3-7-20-16(11-15)9-10-29(20)34(31,32)18-5-1-14(2-6-18)19-12-22(30)33-28-19/h1-8,11,13H,9-10,12H2. The third-order valence-corrected chi connectivity index (χ3v) is 7.49. The molecule has 2 aromatic carbocycles. The highest BCUT2D eigenvalue weighted by Crippen LogP contribution is 2.36. The lowest BCUT2D eigenvalue weighted by atomic mass is 10.0. The second kappa shape index (κ2) is 7.94. The van der Waals surface area contributed by atoms with E-state index < -0.39 is 27.9 Å². The molecule has 5 rings (SSSR count). The molecule has 0 amide bonds. The van der Waals surface area contributed by atoms with Gasteiger partial charge in [-0.1, -0.05) is 29.4 Å². The number of alkyl halides is 3. The molecule has 7 nitrogen and oxygen atoms in total. The molecule has 0 aliphatic carbocycles. The fraction of sp³-hybridized carbons (Fsp3) is 0.174. The molecule has 0 fully saturated rings. The van der Waals surface area contributed by atoms with Crippen molar-refractivity contribution in [3.63, 3.8) is 0 Å². The van der Waals surface area contributed by atoms with E-state index in [1.54, 1.807) is 30.3 Å². The number of rotatable bonds is 4. The van der Waals surface area contributed by atoms with Crippen molar-refractivity contribution in [1.82, 2.24) is 4.98 Å². The van der Waals surface area contributed by atoms with Crippen LogP contribution in [-0.4, -0.2) is 31.6 Å². The second-order valence-corrected chi connectivity index (χ2v) is 9.67. The molecule has 0 saturated carbocycles. The van der Waals surface area contributed by atoms with Gasteiger partial charge in [0.15, 0.2) is 0 Å². The van der Waals surface area contributed by atoms with Gasteiger partial charge in [0.1, 0.15) is 5.69 Å². The van der Waals surface area contributed by atoms with Crippen LogP contribution >= 0.6 is 0 Å². The molecular formula is C23H16F3N3O4S. The van der Waals surface area contributed by atoms with Crippen molar-refractivity contribution in [2.45, 2.75) is 23.9 Å². The maximum Gasteiger partial charge on any atom is 0.433 e. The topological polar surface area (TPSA) is 88.9 Å². The lowest BCUT2D eigenvalue weighted by Crippen LogP contribution is -2.29. The number of benzene rings is 2. The molecular weight excluding hydrogens is 471 g/mol. The Bertz CT molecular complexity index is 1420. The number of pyridine rings is 1. The van der Waals surface area contributed by atoms with E-state index in [0.717, 1.165) is 17.8 Å². The van der Waals surface area contributed by atoms with Crippen LogP contribution in [0.3, 0.4) is 0 Å². The first-order valence-corrected chi connectivity index (χ1v) is 11.6. The van der Waals surface area contributed by atoms with Gasteiger partial charge in [-0.05, 0) is 47.9 Å². The van der Waals surface area contributed by atoms with Crippen LogP contribution in [0.4, 0.5) is 18.9 Å². The van der Waals surface area contributed by atoms with Crippen LogP contribution in [0.1, 0.15) is 23.2 Å². The van der Waals surface area contributed by atoms with E-state index in [0.29, 0.717) is 34.5 Å². The van der Waals surface area contributed by atoms with Gasteiger partial charge >= 0.3 is 12.1 Å². The third-order valence-electron chi connectivity index (χ3n) is 5.66. The summed E-state index contributed by atoms with van der Waals surface area (Å²) in [5.41, 5.74) is 2.51. The summed E-state index contributed by atoms with van der Waals surface area (Å²) in [5, 5.41) is 3.68. The van der Waals surface area contributed by atoms with Crippen molar-refractivity contribution < 1.29 is 31.2 Å². The number of halogens is 3. The van der Waals surface area contributed by atoms with Crippen LogP contribution in [0.25, 0.3) is 11.1 Å². The Balaban J connectivity index is 1.39. The maximum atomic E-state index is 13.3. The van der Waals surface area contributed by atoms with Gasteiger partial charge in [0.2, 0.25) is 0 Å². The number of nitrogens with zero attached hydrogens (tertiary/aromatic N) is 3. The van der Waals surface area contributed by atoms with Crippen LogP contribution in [-0.2, 0) is 32.3 Å². The van der Waals surface area contributed by atoms with E-state index in [-0.39, 0.29) is 17.9 Å². The van der Waals surface area contributed by atoms with Gasteiger partial charge in [-0.2, -0.15) is 13.2 Å². The van der Waals surface area contributed by atoms with Crippen molar-refractivity contribution in [1.29, 1.82) is 0 Å². The number of fused-ring (bicyclic) bond motifs is 1. The van der Waals surface area contributed by atoms with Crippen molar-refractivity contribution in [2.24, 2.45) is 5.16 Å². The second-order valence-electron chi connectivity index (χ2n) is 7.80. The molecule has 3 heterocycles. The van der Waals surface area contributed by atoms with Gasteiger partial charge in [0.05, 0.1) is 22.7 Å². The smallest absolute Gasteiger partial charge is 0.318 e. The quantitative estimate of drug-likeness (QED) is 0.516. The van der Waals surface area contributed by atoms with E-state index >= 15 is 0 Å². The molecule has 0 unspecified atom stereocenters. The van der Waals surface area contributed by atoms with Crippen molar-refractivity contribution in [3.8, 4) is 11.1 Å². The summed E-state index contributed by atoms with van der Waals surface area (Å²) in [6.45, 7) is 0.239. The first kappa shape index (κ1) is 22.1. The highest BCUT2D eigenvalue weighted by atomic mass is 32.2. The van der Waals surface area contributed by atoms with Crippen molar-refractivity contribution in [3.05, 3.63) is 77.6 Å². The highest BCUT2D eigenvalue weighted by molar-refractivity contribution is 7.92. The zero-order chi connectivity index (χ0) is 24.1. The van der Waals surface area contributed by atoms with Gasteiger partial charge in [0, 0.05) is 23.9 Å². The fourth-order valence-electron chi connectivity index (χ4n) is 3.94. The molecule has 3 aromatic rings. The summed E-state index contributed by atoms with van der Waals surface area (Å²) in [5.74, 6) is -0.466. The molecule has 174 valence electrons. The number of hydrogen-bond acceptors (Lipinski definition) is 6. The number of carbonyl (C=O) groups is 1. The maximum absolute atomic E-state index is 13.3. The number of hydrogen-bond donors (Lipinski definition) is 0. The van der Waals surface area contributed by atoms with Crippen LogP contribution in [0, 0.1) is 0 Å². The molecule has 0 radical (unpaired) electrons. The van der Waals surface area contributed by atoms with Crippen LogP contribution in [0.5, 0.6) is 0 Å². The van der Waals surface area contributed by atoms with E-state index in [4.69, 9.17) is 0 Å². The normalized spacial score (nSPS) is 15.8. The van der Waals surface area contributed by atoms with Crippen molar-refractivity contribution >= 4 is 27.4 Å². The van der Waals surface area contributed by atoms with E-state index in [2.05, 4.69) is 15.0 Å². The monoisotopic (exact) mass is 487 g/mol. The van der Waals surface area contributed by atoms with Crippen LogP contribution in [0.2, 0.25) is 0 Å². The summed E-state index contributed by atoms with van der Waals surface area (Å²) < 4.78 is 66.1. The number of oxime groups is 1. The predicted octanol–water partition coefficient (Wildman–Crippen LogP) is 4.17. The minimum atomic E-state index is -4.51. The Kier molecular flexibility index (Phi) is 5.16. The number of carbonyl (C=O) groups excluding carboxylic acids is 1. The Morgan fingerprint density at radius 1 is 0.941 bits per heavy atom. The first-order valence-electron chi connectivity index (χ1n) is 10.2. The van der Waals surface area contributed by atoms with Gasteiger partial charge in [-0.15, -0.1) is 0 Å². The third kappa shape index (κ3) is 3.92. The largest absolute Gasteiger partial charge is 0.433 e. The lowest BCUT2D eigenvalue weighted by molar-refractivity contribution is -0.141. The average molecular weight is 487 g/mol. The Morgan fingerprint density at radius 3 is 2.26 bits per heavy atom. The van der Waals surface area contributed by atoms with E-state index in [1.807, 2.05) is 0 Å². The molecule has 11 heteroatoms. The van der Waals surface area contributed by atoms with Gasteiger partial charge in [0.25, 0.3) is 10.0 Å². The Hall–Kier alpha value is -3.73. The Labute approximate surface area is 192 Å². The molecule has 1 aromatic heterocycles. The number of aromatic nitrogens is 1. The summed E-state index contributed by atoms with van der Waals surface area (Å²) in [4.78, 5) is 19.4. The van der Waals surface area contributed by atoms with Crippen molar-refractivity contribution in [2.75, 3.05) is 10.8 Å². The Morgan fingerprint density at radius 2 is 1.65 bits per heavy atom. The number of anilines is 1. The number of sulfonamides is 1. The molecule has 0 N–H and O–H groups in total. The highest BCUT2D eigenvalue weighted by Gasteiger charge is 2.33. The zero-order valence-corrected chi connectivity index (χ0v) is 18.2. The van der Waals surface area contributed by atoms with Crippen LogP contribution in [0.15, 0.2) is 70.8 Å². The minimum absolute atomic E-state index is 0.0301. The van der Waals surface area contributed by atoms with Gasteiger partial charge in [-0.25, -0.2) is 13.2 Å². The summed E-state index contributed by atoms with van der Waals surface area (Å²) >= 11 is 0. The fourth-order valence-corrected chi connectivity index (χ4v) is 5.44. The lowest BCUT2D eigenvalue weighted by Gasteiger charge is -2.20. The first-order chi connectivity index (χ1) is 16.1. The molecule has 2 aliphatic rings. The van der Waals surface area contributed by atoms with E-state index in [1.165, 1.54) is 22.5 Å². The van der Waals surface area contributed by atoms with Gasteiger partial charge < -0.3 is 4.84 Å². The summed E-state index contributed by atoms with van der Waals surface area (Å²) in [6.07, 6.45) is -2.87.